The largest absolute Gasteiger partial charge is 0.329 e. The fourth-order valence-electron chi connectivity index (χ4n) is 3.34. The van der Waals surface area contributed by atoms with Crippen molar-refractivity contribution in [1.29, 1.82) is 0 Å². The molecule has 0 radical (unpaired) electrons. The van der Waals surface area contributed by atoms with E-state index in [0.29, 0.717) is 6.42 Å². The zero-order valence-electron chi connectivity index (χ0n) is 15.1. The highest BCUT2D eigenvalue weighted by atomic mass is 32.2. The van der Waals surface area contributed by atoms with Gasteiger partial charge >= 0.3 is 0 Å². The SMILES string of the molecule is Cc1ccc(C)c(NC(=O)[C@H]([NH2+][C@H]2CCS(=O)(=O)C2)c2ccccc2)c1. The first-order valence-corrected chi connectivity index (χ1v) is 10.6. The summed E-state index contributed by atoms with van der Waals surface area (Å²) in [6.45, 7) is 3.94. The maximum absolute atomic E-state index is 13.0. The maximum Gasteiger partial charge on any atom is 0.287 e. The molecule has 6 heteroatoms. The minimum Gasteiger partial charge on any atom is -0.329 e. The summed E-state index contributed by atoms with van der Waals surface area (Å²) in [4.78, 5) is 13.0. The number of anilines is 1. The molecule has 138 valence electrons. The van der Waals surface area contributed by atoms with Crippen molar-refractivity contribution in [2.75, 3.05) is 16.8 Å². The Hall–Kier alpha value is -2.18. The quantitative estimate of drug-likeness (QED) is 0.838. The average Bonchev–Trinajstić information content (AvgIpc) is 2.95. The number of amides is 1. The van der Waals surface area contributed by atoms with Crippen LogP contribution in [-0.2, 0) is 14.6 Å². The van der Waals surface area contributed by atoms with Gasteiger partial charge in [-0.1, -0.05) is 42.5 Å². The molecule has 0 bridgehead atoms. The van der Waals surface area contributed by atoms with E-state index in [4.69, 9.17) is 0 Å². The van der Waals surface area contributed by atoms with Crippen LogP contribution in [0.2, 0.25) is 0 Å². The Labute approximate surface area is 154 Å². The van der Waals surface area contributed by atoms with Crippen molar-refractivity contribution in [3.05, 3.63) is 65.2 Å². The van der Waals surface area contributed by atoms with E-state index in [2.05, 4.69) is 5.32 Å². The number of benzene rings is 2. The Bertz CT molecular complexity index is 895. The third-order valence-electron chi connectivity index (χ3n) is 4.82. The molecule has 2 atom stereocenters. The van der Waals surface area contributed by atoms with Crippen LogP contribution in [0, 0.1) is 13.8 Å². The molecule has 1 aliphatic heterocycles. The molecule has 1 heterocycles. The first kappa shape index (κ1) is 18.6. The van der Waals surface area contributed by atoms with E-state index in [1.807, 2.05) is 67.7 Å². The molecule has 5 nitrogen and oxygen atoms in total. The fourth-order valence-corrected chi connectivity index (χ4v) is 5.10. The number of hydrogen-bond acceptors (Lipinski definition) is 3. The van der Waals surface area contributed by atoms with Gasteiger partial charge in [-0.15, -0.1) is 0 Å². The lowest BCUT2D eigenvalue weighted by molar-refractivity contribution is -0.710. The molecule has 1 saturated heterocycles. The van der Waals surface area contributed by atoms with Crippen LogP contribution in [0.4, 0.5) is 5.69 Å². The summed E-state index contributed by atoms with van der Waals surface area (Å²) in [5.74, 6) is 0.204. The second-order valence-corrected chi connectivity index (χ2v) is 9.28. The van der Waals surface area contributed by atoms with E-state index in [1.165, 1.54) is 0 Å². The first-order valence-electron chi connectivity index (χ1n) is 8.82. The summed E-state index contributed by atoms with van der Waals surface area (Å²) in [5, 5.41) is 4.93. The number of quaternary nitrogens is 1. The second kappa shape index (κ2) is 7.60. The highest BCUT2D eigenvalue weighted by Crippen LogP contribution is 2.19. The molecule has 2 aromatic carbocycles. The molecule has 1 aliphatic rings. The van der Waals surface area contributed by atoms with Gasteiger partial charge in [-0.25, -0.2) is 8.42 Å². The van der Waals surface area contributed by atoms with Crippen LogP contribution >= 0.6 is 0 Å². The van der Waals surface area contributed by atoms with E-state index in [0.717, 1.165) is 22.4 Å². The highest BCUT2D eigenvalue weighted by Gasteiger charge is 2.35. The number of hydrogen-bond donors (Lipinski definition) is 2. The van der Waals surface area contributed by atoms with Gasteiger partial charge in [-0.05, 0) is 31.0 Å². The van der Waals surface area contributed by atoms with Crippen molar-refractivity contribution in [1.82, 2.24) is 0 Å². The molecule has 0 unspecified atom stereocenters. The second-order valence-electron chi connectivity index (χ2n) is 7.05. The van der Waals surface area contributed by atoms with Crippen molar-refractivity contribution in [2.24, 2.45) is 0 Å². The zero-order valence-corrected chi connectivity index (χ0v) is 15.9. The van der Waals surface area contributed by atoms with Crippen molar-refractivity contribution in [3.8, 4) is 0 Å². The van der Waals surface area contributed by atoms with Crippen LogP contribution in [-0.4, -0.2) is 31.9 Å². The lowest BCUT2D eigenvalue weighted by atomic mass is 10.0. The summed E-state index contributed by atoms with van der Waals surface area (Å²) in [7, 11) is -2.98. The standard InChI is InChI=1S/C20H24N2O3S/c1-14-8-9-15(2)18(12-14)22-20(23)19(16-6-4-3-5-7-16)21-17-10-11-26(24,25)13-17/h3-9,12,17,19,21H,10-11,13H2,1-2H3,(H,22,23)/p+1/t17-,19+/m0/s1. The molecule has 1 fully saturated rings. The molecule has 0 spiro atoms. The number of carbonyl (C=O) groups excluding carboxylic acids is 1. The lowest BCUT2D eigenvalue weighted by Crippen LogP contribution is -2.93. The van der Waals surface area contributed by atoms with Crippen molar-refractivity contribution < 1.29 is 18.5 Å². The minimum atomic E-state index is -2.98. The zero-order chi connectivity index (χ0) is 18.7. The van der Waals surface area contributed by atoms with E-state index >= 15 is 0 Å². The summed E-state index contributed by atoms with van der Waals surface area (Å²) in [6.07, 6.45) is 0.586. The number of carbonyl (C=O) groups is 1. The van der Waals surface area contributed by atoms with Crippen LogP contribution in [0.25, 0.3) is 0 Å². The summed E-state index contributed by atoms with van der Waals surface area (Å²) < 4.78 is 23.6. The van der Waals surface area contributed by atoms with Gasteiger partial charge in [-0.2, -0.15) is 0 Å². The fraction of sp³-hybridized carbons (Fsp3) is 0.350. The van der Waals surface area contributed by atoms with Gasteiger partial charge in [0.05, 0.1) is 5.75 Å². The molecule has 0 aromatic heterocycles. The number of sulfone groups is 1. The Morgan fingerprint density at radius 3 is 2.54 bits per heavy atom. The van der Waals surface area contributed by atoms with E-state index in [-0.39, 0.29) is 23.5 Å². The Morgan fingerprint density at radius 1 is 1.15 bits per heavy atom. The smallest absolute Gasteiger partial charge is 0.287 e. The summed E-state index contributed by atoms with van der Waals surface area (Å²) in [6, 6.07) is 14.9. The van der Waals surface area contributed by atoms with Crippen LogP contribution < -0.4 is 10.6 Å². The normalized spacial score (nSPS) is 19.8. The molecule has 3 N–H and O–H groups in total. The minimum absolute atomic E-state index is 0.0884. The molecule has 1 amide bonds. The maximum atomic E-state index is 13.0. The third kappa shape index (κ3) is 4.51. The van der Waals surface area contributed by atoms with Gasteiger partial charge in [-0.3, -0.25) is 4.79 Å². The van der Waals surface area contributed by atoms with Crippen LogP contribution in [0.5, 0.6) is 0 Å². The number of nitrogens with one attached hydrogen (secondary N) is 1. The monoisotopic (exact) mass is 373 g/mol. The van der Waals surface area contributed by atoms with Crippen LogP contribution in [0.3, 0.4) is 0 Å². The van der Waals surface area contributed by atoms with Gasteiger partial charge in [0.15, 0.2) is 15.9 Å². The molecule has 26 heavy (non-hydrogen) atoms. The van der Waals surface area contributed by atoms with Gasteiger partial charge < -0.3 is 10.6 Å². The third-order valence-corrected chi connectivity index (χ3v) is 6.62. The Morgan fingerprint density at radius 2 is 1.88 bits per heavy atom. The molecular weight excluding hydrogens is 348 g/mol. The Kier molecular flexibility index (Phi) is 5.44. The molecule has 3 rings (SSSR count). The van der Waals surface area contributed by atoms with Gasteiger partial charge in [0.25, 0.3) is 5.91 Å². The predicted molar refractivity (Wildman–Crippen MR) is 103 cm³/mol. The number of aryl methyl sites for hydroxylation is 2. The highest BCUT2D eigenvalue weighted by molar-refractivity contribution is 7.91. The molecule has 2 aromatic rings. The topological polar surface area (TPSA) is 79.8 Å². The predicted octanol–water partition coefficient (Wildman–Crippen LogP) is 1.73. The van der Waals surface area contributed by atoms with Crippen LogP contribution in [0.15, 0.2) is 48.5 Å². The summed E-state index contributed by atoms with van der Waals surface area (Å²) in [5.41, 5.74) is 3.75. The molecular formula is C20H25N2O3S+. The van der Waals surface area contributed by atoms with E-state index in [9.17, 15) is 13.2 Å². The molecule has 0 saturated carbocycles. The van der Waals surface area contributed by atoms with Gasteiger partial charge in [0.2, 0.25) is 0 Å². The number of rotatable bonds is 5. The summed E-state index contributed by atoms with van der Waals surface area (Å²) >= 11 is 0. The van der Waals surface area contributed by atoms with Crippen molar-refractivity contribution in [2.45, 2.75) is 32.4 Å². The average molecular weight is 373 g/mol. The number of nitrogens with two attached hydrogens (primary N) is 1. The van der Waals surface area contributed by atoms with Gasteiger partial charge in [0.1, 0.15) is 11.8 Å². The van der Waals surface area contributed by atoms with E-state index < -0.39 is 15.9 Å². The first-order chi connectivity index (χ1) is 12.3. The van der Waals surface area contributed by atoms with Gasteiger partial charge in [0, 0.05) is 17.7 Å². The van der Waals surface area contributed by atoms with Crippen molar-refractivity contribution >= 4 is 21.4 Å². The van der Waals surface area contributed by atoms with Crippen LogP contribution in [0.1, 0.15) is 29.2 Å². The Balaban J connectivity index is 1.83. The molecule has 0 aliphatic carbocycles. The van der Waals surface area contributed by atoms with Crippen molar-refractivity contribution in [3.63, 3.8) is 0 Å². The van der Waals surface area contributed by atoms with E-state index in [1.54, 1.807) is 0 Å². The lowest BCUT2D eigenvalue weighted by Gasteiger charge is -2.20.